The largest absolute Gasteiger partial charge is 0.453 e. The molecule has 1 saturated heterocycles. The van der Waals surface area contributed by atoms with Crippen LogP contribution in [0.3, 0.4) is 0 Å². The van der Waals surface area contributed by atoms with Crippen molar-refractivity contribution in [3.8, 4) is 11.1 Å². The standard InChI is InChI=1S/C24H28F4N6OSi/c1-15-9-16(10-17-11-29-34(21(15)17)14-35-7-8-36(2,3)4)20-19(32-12-18(25)13-32)5-6-33-22(20)30-23(31-33)24(26,27)28/h5-6,9-11,18H,7-8,12-14H2,1-4H3. The van der Waals surface area contributed by atoms with Gasteiger partial charge in [-0.1, -0.05) is 19.6 Å². The maximum absolute atomic E-state index is 13.7. The first kappa shape index (κ1) is 24.7. The molecular weight excluding hydrogens is 492 g/mol. The molecule has 0 amide bonds. The summed E-state index contributed by atoms with van der Waals surface area (Å²) in [5.41, 5.74) is 3.64. The van der Waals surface area contributed by atoms with Gasteiger partial charge in [-0.25, -0.2) is 18.6 Å². The summed E-state index contributed by atoms with van der Waals surface area (Å²) in [6, 6.07) is 6.49. The number of rotatable bonds is 7. The van der Waals surface area contributed by atoms with E-state index in [1.165, 1.54) is 6.20 Å². The number of nitrogens with zero attached hydrogens (tertiary/aromatic N) is 6. The van der Waals surface area contributed by atoms with E-state index < -0.39 is 26.2 Å². The van der Waals surface area contributed by atoms with Gasteiger partial charge in [0, 0.05) is 31.8 Å². The average Bonchev–Trinajstić information content (AvgIpc) is 3.37. The van der Waals surface area contributed by atoms with Gasteiger partial charge in [0.05, 0.1) is 30.5 Å². The molecule has 12 heteroatoms. The van der Waals surface area contributed by atoms with Crippen molar-refractivity contribution in [2.75, 3.05) is 24.6 Å². The van der Waals surface area contributed by atoms with Crippen LogP contribution < -0.4 is 4.90 Å². The highest BCUT2D eigenvalue weighted by Gasteiger charge is 2.37. The molecule has 0 spiro atoms. The normalized spacial score (nSPS) is 15.3. The summed E-state index contributed by atoms with van der Waals surface area (Å²) in [5.74, 6) is -1.21. The summed E-state index contributed by atoms with van der Waals surface area (Å²) in [6.07, 6.45) is -2.50. The van der Waals surface area contributed by atoms with Crippen LogP contribution in [0.25, 0.3) is 27.7 Å². The highest BCUT2D eigenvalue weighted by molar-refractivity contribution is 6.76. The lowest BCUT2D eigenvalue weighted by atomic mass is 9.98. The number of halogens is 4. The summed E-state index contributed by atoms with van der Waals surface area (Å²) in [7, 11) is -1.20. The number of benzene rings is 1. The predicted molar refractivity (Wildman–Crippen MR) is 133 cm³/mol. The SMILES string of the molecule is Cc1cc(-c2c(N3CC(F)C3)ccn3nc(C(F)(F)F)nc23)cc2cnn(COCC[Si](C)(C)C)c12. The van der Waals surface area contributed by atoms with Gasteiger partial charge in [0.25, 0.3) is 5.82 Å². The van der Waals surface area contributed by atoms with Crippen molar-refractivity contribution in [1.82, 2.24) is 24.4 Å². The number of ether oxygens (including phenoxy) is 1. The Kier molecular flexibility index (Phi) is 6.06. The van der Waals surface area contributed by atoms with E-state index in [-0.39, 0.29) is 18.7 Å². The highest BCUT2D eigenvalue weighted by Crippen LogP contribution is 2.39. The minimum absolute atomic E-state index is 0.0722. The lowest BCUT2D eigenvalue weighted by Crippen LogP contribution is -2.48. The number of hydrogen-bond acceptors (Lipinski definition) is 5. The molecule has 1 aromatic carbocycles. The fourth-order valence-electron chi connectivity index (χ4n) is 4.44. The van der Waals surface area contributed by atoms with Crippen LogP contribution >= 0.6 is 0 Å². The van der Waals surface area contributed by atoms with Crippen molar-refractivity contribution < 1.29 is 22.3 Å². The van der Waals surface area contributed by atoms with Crippen LogP contribution in [0.15, 0.2) is 30.6 Å². The summed E-state index contributed by atoms with van der Waals surface area (Å²) < 4.78 is 62.7. The van der Waals surface area contributed by atoms with Crippen LogP contribution in [0.4, 0.5) is 23.2 Å². The average molecular weight is 521 g/mol. The summed E-state index contributed by atoms with van der Waals surface area (Å²) >= 11 is 0. The second-order valence-corrected chi connectivity index (χ2v) is 16.1. The number of hydrogen-bond donors (Lipinski definition) is 0. The molecule has 0 saturated carbocycles. The topological polar surface area (TPSA) is 60.5 Å². The van der Waals surface area contributed by atoms with Crippen LogP contribution in [-0.4, -0.2) is 58.3 Å². The van der Waals surface area contributed by atoms with Crippen LogP contribution in [0.1, 0.15) is 11.4 Å². The van der Waals surface area contributed by atoms with E-state index in [4.69, 9.17) is 4.74 Å². The van der Waals surface area contributed by atoms with Gasteiger partial charge in [0.15, 0.2) is 5.65 Å². The number of aromatic nitrogens is 5. The predicted octanol–water partition coefficient (Wildman–Crippen LogP) is 5.54. The van der Waals surface area contributed by atoms with Crippen molar-refractivity contribution in [3.63, 3.8) is 0 Å². The van der Waals surface area contributed by atoms with Crippen LogP contribution in [0.2, 0.25) is 25.7 Å². The molecule has 0 aliphatic carbocycles. The second-order valence-electron chi connectivity index (χ2n) is 10.5. The van der Waals surface area contributed by atoms with Gasteiger partial charge in [-0.3, -0.25) is 0 Å². The fourth-order valence-corrected chi connectivity index (χ4v) is 5.19. The van der Waals surface area contributed by atoms with Crippen LogP contribution in [-0.2, 0) is 17.6 Å². The van der Waals surface area contributed by atoms with Gasteiger partial charge in [0.2, 0.25) is 0 Å². The minimum atomic E-state index is -4.68. The maximum atomic E-state index is 13.7. The van der Waals surface area contributed by atoms with Crippen molar-refractivity contribution in [2.45, 2.75) is 51.7 Å². The molecule has 4 aromatic rings. The molecule has 192 valence electrons. The van der Waals surface area contributed by atoms with Crippen molar-refractivity contribution in [3.05, 3.63) is 42.0 Å². The lowest BCUT2D eigenvalue weighted by Gasteiger charge is -2.37. The quantitative estimate of drug-likeness (QED) is 0.182. The molecule has 4 heterocycles. The molecule has 7 nitrogen and oxygen atoms in total. The fraction of sp³-hybridized carbons (Fsp3) is 0.458. The first-order chi connectivity index (χ1) is 16.9. The Bertz CT molecular complexity index is 1420. The molecule has 0 radical (unpaired) electrons. The Morgan fingerprint density at radius 2 is 1.92 bits per heavy atom. The van der Waals surface area contributed by atoms with Gasteiger partial charge in [-0.2, -0.15) is 18.3 Å². The third kappa shape index (κ3) is 4.71. The number of alkyl halides is 4. The Balaban J connectivity index is 1.56. The second kappa shape index (κ2) is 8.84. The van der Waals surface area contributed by atoms with Crippen molar-refractivity contribution >= 4 is 30.3 Å². The third-order valence-electron chi connectivity index (χ3n) is 6.34. The molecule has 3 aromatic heterocycles. The van der Waals surface area contributed by atoms with Gasteiger partial charge >= 0.3 is 6.18 Å². The van der Waals surface area contributed by atoms with Crippen molar-refractivity contribution in [2.24, 2.45) is 0 Å². The molecule has 1 aliphatic rings. The zero-order chi connectivity index (χ0) is 25.8. The zero-order valence-electron chi connectivity index (χ0n) is 20.6. The van der Waals surface area contributed by atoms with Crippen molar-refractivity contribution in [1.29, 1.82) is 0 Å². The molecule has 36 heavy (non-hydrogen) atoms. The van der Waals surface area contributed by atoms with Crippen LogP contribution in [0.5, 0.6) is 0 Å². The van der Waals surface area contributed by atoms with E-state index in [0.29, 0.717) is 30.2 Å². The smallest absolute Gasteiger partial charge is 0.365 e. The monoisotopic (exact) mass is 520 g/mol. The Labute approximate surface area is 206 Å². The minimum Gasteiger partial charge on any atom is -0.365 e. The Morgan fingerprint density at radius 1 is 1.17 bits per heavy atom. The molecule has 1 aliphatic heterocycles. The lowest BCUT2D eigenvalue weighted by molar-refractivity contribution is -0.144. The Morgan fingerprint density at radius 3 is 2.58 bits per heavy atom. The summed E-state index contributed by atoms with van der Waals surface area (Å²) in [6.45, 7) is 10.1. The molecule has 0 N–H and O–H groups in total. The number of fused-ring (bicyclic) bond motifs is 2. The molecule has 5 rings (SSSR count). The van der Waals surface area contributed by atoms with E-state index in [1.807, 2.05) is 19.1 Å². The zero-order valence-corrected chi connectivity index (χ0v) is 21.6. The number of pyridine rings is 1. The highest BCUT2D eigenvalue weighted by atomic mass is 28.3. The van der Waals surface area contributed by atoms with Gasteiger partial charge in [0.1, 0.15) is 12.9 Å². The maximum Gasteiger partial charge on any atom is 0.453 e. The van der Waals surface area contributed by atoms with E-state index >= 15 is 0 Å². The van der Waals surface area contributed by atoms with E-state index in [9.17, 15) is 17.6 Å². The van der Waals surface area contributed by atoms with E-state index in [2.05, 4.69) is 34.8 Å². The van der Waals surface area contributed by atoms with Gasteiger partial charge in [-0.05, 0) is 42.3 Å². The molecular formula is C24H28F4N6OSi. The van der Waals surface area contributed by atoms with E-state index in [0.717, 1.165) is 27.0 Å². The van der Waals surface area contributed by atoms with Gasteiger partial charge < -0.3 is 9.64 Å². The van der Waals surface area contributed by atoms with Crippen LogP contribution in [0, 0.1) is 6.92 Å². The number of aryl methyl sites for hydroxylation is 1. The Hall–Kier alpha value is -2.99. The summed E-state index contributed by atoms with van der Waals surface area (Å²) in [4.78, 5) is 5.64. The number of anilines is 1. The first-order valence-electron chi connectivity index (χ1n) is 11.8. The van der Waals surface area contributed by atoms with E-state index in [1.54, 1.807) is 21.8 Å². The first-order valence-corrected chi connectivity index (χ1v) is 15.5. The molecule has 0 bridgehead atoms. The summed E-state index contributed by atoms with van der Waals surface area (Å²) in [5, 5.41) is 8.94. The van der Waals surface area contributed by atoms with Gasteiger partial charge in [-0.15, -0.1) is 5.10 Å². The molecule has 1 fully saturated rings. The third-order valence-corrected chi connectivity index (χ3v) is 8.04. The molecule has 0 unspecified atom stereocenters. The molecule has 0 atom stereocenters.